The molecule has 0 bridgehead atoms. The first kappa shape index (κ1) is 20.5. The number of hydrogen-bond donors (Lipinski definition) is 3. The third-order valence-electron chi connectivity index (χ3n) is 4.43. The van der Waals surface area contributed by atoms with Crippen LogP contribution in [0.15, 0.2) is 54.7 Å². The summed E-state index contributed by atoms with van der Waals surface area (Å²) in [4.78, 5) is 28.5. The predicted octanol–water partition coefficient (Wildman–Crippen LogP) is 4.55. The molecule has 3 rings (SSSR count). The van der Waals surface area contributed by atoms with Crippen molar-refractivity contribution in [1.29, 1.82) is 0 Å². The molecule has 0 spiro atoms. The summed E-state index contributed by atoms with van der Waals surface area (Å²) in [6.45, 7) is 7.34. The van der Waals surface area contributed by atoms with E-state index in [0.29, 0.717) is 12.1 Å². The van der Waals surface area contributed by atoms with E-state index in [1.54, 1.807) is 20.8 Å². The number of carbonyl (C=O) groups is 2. The summed E-state index contributed by atoms with van der Waals surface area (Å²) < 4.78 is 5.35. The van der Waals surface area contributed by atoms with Crippen LogP contribution >= 0.6 is 0 Å². The Balaban J connectivity index is 1.81. The minimum absolute atomic E-state index is 0.301. The Morgan fingerprint density at radius 3 is 2.45 bits per heavy atom. The number of fused-ring (bicyclic) bond motifs is 1. The molecule has 2 aromatic carbocycles. The first-order valence-corrected chi connectivity index (χ1v) is 9.63. The molecule has 2 amide bonds. The Hall–Kier alpha value is -3.28. The fraction of sp³-hybridized carbons (Fsp3) is 0.304. The lowest BCUT2D eigenvalue weighted by Crippen LogP contribution is -2.47. The van der Waals surface area contributed by atoms with Crippen LogP contribution in [0.1, 0.15) is 31.9 Å². The summed E-state index contributed by atoms with van der Waals surface area (Å²) in [6.07, 6.45) is 1.58. The Labute approximate surface area is 170 Å². The van der Waals surface area contributed by atoms with E-state index in [1.807, 2.05) is 61.7 Å². The number of ether oxygens (including phenoxy) is 1. The summed E-state index contributed by atoms with van der Waals surface area (Å²) >= 11 is 0. The van der Waals surface area contributed by atoms with Crippen LogP contribution in [-0.2, 0) is 16.0 Å². The molecule has 0 unspecified atom stereocenters. The molecule has 0 fully saturated rings. The standard InChI is InChI=1S/C23H27N3O3/c1-15-9-11-17(12-10-15)25-21(27)20(26-22(28)29-23(2,3)4)13-16-14-24-19-8-6-5-7-18(16)19/h5-12,14,20,24H,13H2,1-4H3,(H,25,27)(H,26,28)/t20-/m1/s1. The molecule has 1 heterocycles. The number of rotatable bonds is 5. The number of para-hydroxylation sites is 1. The lowest BCUT2D eigenvalue weighted by Gasteiger charge is -2.23. The molecule has 6 heteroatoms. The van der Waals surface area contributed by atoms with Gasteiger partial charge in [0.25, 0.3) is 0 Å². The number of anilines is 1. The zero-order valence-corrected chi connectivity index (χ0v) is 17.2. The Morgan fingerprint density at radius 2 is 1.76 bits per heavy atom. The molecule has 3 N–H and O–H groups in total. The quantitative estimate of drug-likeness (QED) is 0.595. The molecule has 152 valence electrons. The van der Waals surface area contributed by atoms with Gasteiger partial charge >= 0.3 is 6.09 Å². The third-order valence-corrected chi connectivity index (χ3v) is 4.43. The van der Waals surface area contributed by atoms with Gasteiger partial charge in [-0.3, -0.25) is 4.79 Å². The van der Waals surface area contributed by atoms with Crippen LogP contribution < -0.4 is 10.6 Å². The fourth-order valence-corrected chi connectivity index (χ4v) is 3.05. The molecule has 0 saturated carbocycles. The van der Waals surface area contributed by atoms with E-state index in [0.717, 1.165) is 22.0 Å². The number of H-pyrrole nitrogens is 1. The fourth-order valence-electron chi connectivity index (χ4n) is 3.05. The number of benzene rings is 2. The molecule has 3 aromatic rings. The molecule has 1 aromatic heterocycles. The second-order valence-electron chi connectivity index (χ2n) is 8.12. The van der Waals surface area contributed by atoms with E-state index < -0.39 is 17.7 Å². The van der Waals surface area contributed by atoms with Gasteiger partial charge in [-0.25, -0.2) is 4.79 Å². The van der Waals surface area contributed by atoms with Gasteiger partial charge in [-0.05, 0) is 51.5 Å². The van der Waals surface area contributed by atoms with Gasteiger partial charge in [0.05, 0.1) is 0 Å². The average molecular weight is 393 g/mol. The van der Waals surface area contributed by atoms with Gasteiger partial charge in [-0.2, -0.15) is 0 Å². The number of alkyl carbamates (subject to hydrolysis) is 1. The average Bonchev–Trinajstić information content (AvgIpc) is 3.04. The minimum atomic E-state index is -0.787. The number of carbonyl (C=O) groups excluding carboxylic acids is 2. The molecule has 0 aliphatic rings. The molecule has 0 saturated heterocycles. The lowest BCUT2D eigenvalue weighted by molar-refractivity contribution is -0.118. The number of aryl methyl sites for hydroxylation is 1. The molecule has 29 heavy (non-hydrogen) atoms. The molecule has 0 aliphatic carbocycles. The van der Waals surface area contributed by atoms with Crippen LogP contribution in [-0.4, -0.2) is 28.6 Å². The molecular weight excluding hydrogens is 366 g/mol. The molecule has 0 aliphatic heterocycles. The number of aromatic nitrogens is 1. The van der Waals surface area contributed by atoms with Gasteiger partial charge < -0.3 is 20.4 Å². The summed E-state index contributed by atoms with van der Waals surface area (Å²) in [5.41, 5.74) is 3.06. The van der Waals surface area contributed by atoms with Gasteiger partial charge in [0, 0.05) is 29.2 Å². The van der Waals surface area contributed by atoms with Gasteiger partial charge in [0.15, 0.2) is 0 Å². The van der Waals surface area contributed by atoms with Crippen LogP contribution in [0.2, 0.25) is 0 Å². The van der Waals surface area contributed by atoms with Gasteiger partial charge in [-0.15, -0.1) is 0 Å². The van der Waals surface area contributed by atoms with E-state index >= 15 is 0 Å². The van der Waals surface area contributed by atoms with Crippen molar-refractivity contribution in [3.8, 4) is 0 Å². The number of amides is 2. The van der Waals surface area contributed by atoms with Crippen molar-refractivity contribution < 1.29 is 14.3 Å². The van der Waals surface area contributed by atoms with E-state index in [-0.39, 0.29) is 5.91 Å². The topological polar surface area (TPSA) is 83.2 Å². The highest BCUT2D eigenvalue weighted by Gasteiger charge is 2.25. The van der Waals surface area contributed by atoms with Crippen LogP contribution in [0.5, 0.6) is 0 Å². The van der Waals surface area contributed by atoms with E-state index in [2.05, 4.69) is 15.6 Å². The van der Waals surface area contributed by atoms with Crippen molar-refractivity contribution in [2.24, 2.45) is 0 Å². The van der Waals surface area contributed by atoms with E-state index in [1.165, 1.54) is 0 Å². The van der Waals surface area contributed by atoms with Crippen molar-refractivity contribution in [1.82, 2.24) is 10.3 Å². The number of aromatic amines is 1. The zero-order chi connectivity index (χ0) is 21.0. The molecule has 0 radical (unpaired) electrons. The summed E-state index contributed by atoms with van der Waals surface area (Å²) in [5, 5.41) is 6.62. The van der Waals surface area contributed by atoms with Gasteiger partial charge in [0.2, 0.25) is 5.91 Å². The summed E-state index contributed by atoms with van der Waals surface area (Å²) in [5.74, 6) is -0.301. The SMILES string of the molecule is Cc1ccc(NC(=O)[C@@H](Cc2c[nH]c3ccccc23)NC(=O)OC(C)(C)C)cc1. The maximum Gasteiger partial charge on any atom is 0.408 e. The molecular formula is C23H27N3O3. The van der Waals surface area contributed by atoms with Crippen LogP contribution in [0.25, 0.3) is 10.9 Å². The highest BCUT2D eigenvalue weighted by molar-refractivity contribution is 5.97. The first-order chi connectivity index (χ1) is 13.7. The van der Waals surface area contributed by atoms with E-state index in [4.69, 9.17) is 4.74 Å². The Bertz CT molecular complexity index is 1000. The third kappa shape index (κ3) is 5.60. The maximum atomic E-state index is 13.0. The monoisotopic (exact) mass is 393 g/mol. The zero-order valence-electron chi connectivity index (χ0n) is 17.2. The van der Waals surface area contributed by atoms with Crippen molar-refractivity contribution in [2.75, 3.05) is 5.32 Å². The van der Waals surface area contributed by atoms with Crippen molar-refractivity contribution >= 4 is 28.6 Å². The van der Waals surface area contributed by atoms with Crippen molar-refractivity contribution in [3.05, 3.63) is 65.9 Å². The predicted molar refractivity (Wildman–Crippen MR) is 115 cm³/mol. The van der Waals surface area contributed by atoms with Gasteiger partial charge in [0.1, 0.15) is 11.6 Å². The highest BCUT2D eigenvalue weighted by atomic mass is 16.6. The van der Waals surface area contributed by atoms with Crippen LogP contribution in [0.4, 0.5) is 10.5 Å². The first-order valence-electron chi connectivity index (χ1n) is 9.63. The maximum absolute atomic E-state index is 13.0. The van der Waals surface area contributed by atoms with Crippen molar-refractivity contribution in [2.45, 2.75) is 45.8 Å². The normalized spacial score (nSPS) is 12.4. The largest absolute Gasteiger partial charge is 0.444 e. The smallest absolute Gasteiger partial charge is 0.408 e. The molecule has 1 atom stereocenters. The van der Waals surface area contributed by atoms with Crippen LogP contribution in [0.3, 0.4) is 0 Å². The van der Waals surface area contributed by atoms with Gasteiger partial charge in [-0.1, -0.05) is 35.9 Å². The second-order valence-corrected chi connectivity index (χ2v) is 8.12. The highest BCUT2D eigenvalue weighted by Crippen LogP contribution is 2.20. The van der Waals surface area contributed by atoms with Crippen LogP contribution in [0, 0.1) is 6.92 Å². The summed E-state index contributed by atoms with van der Waals surface area (Å²) in [7, 11) is 0. The number of nitrogens with one attached hydrogen (secondary N) is 3. The minimum Gasteiger partial charge on any atom is -0.444 e. The van der Waals surface area contributed by atoms with E-state index in [9.17, 15) is 9.59 Å². The lowest BCUT2D eigenvalue weighted by atomic mass is 10.0. The molecule has 6 nitrogen and oxygen atoms in total. The van der Waals surface area contributed by atoms with Crippen molar-refractivity contribution in [3.63, 3.8) is 0 Å². The number of hydrogen-bond acceptors (Lipinski definition) is 3. The Kier molecular flexibility index (Phi) is 5.92. The second kappa shape index (κ2) is 8.39. The Morgan fingerprint density at radius 1 is 1.07 bits per heavy atom. The summed E-state index contributed by atoms with van der Waals surface area (Å²) in [6, 6.07) is 14.6.